The molecule has 0 radical (unpaired) electrons. The second-order valence-electron chi connectivity index (χ2n) is 4.28. The first-order valence-corrected chi connectivity index (χ1v) is 7.37. The smallest absolute Gasteiger partial charge is 0.262 e. The van der Waals surface area contributed by atoms with Gasteiger partial charge >= 0.3 is 0 Å². The third-order valence-electron chi connectivity index (χ3n) is 2.77. The van der Waals surface area contributed by atoms with Crippen LogP contribution >= 0.6 is 0 Å². The first-order valence-electron chi connectivity index (χ1n) is 5.89. The van der Waals surface area contributed by atoms with Crippen LogP contribution in [0.5, 0.6) is 0 Å². The number of carbonyl (C=O) groups excluding carboxylic acids is 1. The summed E-state index contributed by atoms with van der Waals surface area (Å²) in [6.45, 7) is 1.34. The van der Waals surface area contributed by atoms with Gasteiger partial charge in [-0.1, -0.05) is 18.2 Å². The Morgan fingerprint density at radius 3 is 2.00 bits per heavy atom. The monoisotopic (exact) mass is 311 g/mol. The van der Waals surface area contributed by atoms with Gasteiger partial charge in [0.05, 0.1) is 4.90 Å². The lowest BCUT2D eigenvalue weighted by atomic mass is 10.2. The van der Waals surface area contributed by atoms with Crippen LogP contribution < -0.4 is 4.72 Å². The fourth-order valence-electron chi connectivity index (χ4n) is 1.66. The molecule has 0 saturated heterocycles. The Morgan fingerprint density at radius 1 is 1.00 bits per heavy atom. The molecule has 110 valence electrons. The molecule has 0 atom stereocenters. The molecule has 2 rings (SSSR count). The average molecular weight is 311 g/mol. The Morgan fingerprint density at radius 2 is 1.52 bits per heavy atom. The minimum absolute atomic E-state index is 0.199. The largest absolute Gasteiger partial charge is 0.295 e. The Balaban J connectivity index is 2.36. The van der Waals surface area contributed by atoms with Crippen molar-refractivity contribution in [3.63, 3.8) is 0 Å². The maximum atomic E-state index is 13.5. The second kappa shape index (κ2) is 5.61. The highest BCUT2D eigenvalue weighted by atomic mass is 32.2. The van der Waals surface area contributed by atoms with Gasteiger partial charge in [0, 0.05) is 5.56 Å². The Hall–Kier alpha value is -2.28. The molecule has 0 bridgehead atoms. The quantitative estimate of drug-likeness (QED) is 0.883. The number of benzene rings is 2. The highest BCUT2D eigenvalue weighted by Crippen LogP contribution is 2.22. The van der Waals surface area contributed by atoms with Gasteiger partial charge in [0.2, 0.25) is 0 Å². The maximum Gasteiger partial charge on any atom is 0.262 e. The van der Waals surface area contributed by atoms with Crippen LogP contribution in [0, 0.1) is 11.6 Å². The molecule has 0 aliphatic rings. The van der Waals surface area contributed by atoms with Crippen LogP contribution in [-0.4, -0.2) is 14.2 Å². The van der Waals surface area contributed by atoms with Crippen LogP contribution in [0.1, 0.15) is 17.3 Å². The van der Waals surface area contributed by atoms with Gasteiger partial charge in [-0.05, 0) is 31.2 Å². The van der Waals surface area contributed by atoms with Gasteiger partial charge in [-0.3, -0.25) is 9.52 Å². The van der Waals surface area contributed by atoms with E-state index in [9.17, 15) is 22.0 Å². The molecule has 0 heterocycles. The first-order chi connectivity index (χ1) is 9.81. The molecule has 0 saturated carbocycles. The second-order valence-corrected chi connectivity index (χ2v) is 5.97. The van der Waals surface area contributed by atoms with Gasteiger partial charge in [-0.2, -0.15) is 0 Å². The summed E-state index contributed by atoms with van der Waals surface area (Å²) in [7, 11) is -4.14. The van der Waals surface area contributed by atoms with Gasteiger partial charge in [0.25, 0.3) is 10.0 Å². The van der Waals surface area contributed by atoms with Crippen LogP contribution in [0.2, 0.25) is 0 Å². The molecule has 0 aromatic heterocycles. The number of hydrogen-bond acceptors (Lipinski definition) is 3. The molecule has 0 unspecified atom stereocenters. The standard InChI is InChI=1S/C14H11F2NO3S/c1-9(18)10-5-7-11(8-6-10)21(19,20)17-14-12(15)3-2-4-13(14)16/h2-8,17H,1H3. The summed E-state index contributed by atoms with van der Waals surface area (Å²) in [5.74, 6) is -2.25. The summed E-state index contributed by atoms with van der Waals surface area (Å²) in [6.07, 6.45) is 0. The van der Waals surface area contributed by atoms with Crippen molar-refractivity contribution in [1.82, 2.24) is 0 Å². The zero-order chi connectivity index (χ0) is 15.6. The van der Waals surface area contributed by atoms with Crippen LogP contribution in [-0.2, 0) is 10.0 Å². The van der Waals surface area contributed by atoms with Gasteiger partial charge in [0.1, 0.15) is 17.3 Å². The van der Waals surface area contributed by atoms with Crippen molar-refractivity contribution in [2.75, 3.05) is 4.72 Å². The lowest BCUT2D eigenvalue weighted by Crippen LogP contribution is -2.15. The van der Waals surface area contributed by atoms with Gasteiger partial charge in [0.15, 0.2) is 5.78 Å². The third-order valence-corrected chi connectivity index (χ3v) is 4.14. The van der Waals surface area contributed by atoms with E-state index in [2.05, 4.69) is 0 Å². The molecule has 0 aliphatic heterocycles. The van der Waals surface area contributed by atoms with Crippen molar-refractivity contribution in [2.24, 2.45) is 0 Å². The highest BCUT2D eigenvalue weighted by molar-refractivity contribution is 7.92. The van der Waals surface area contributed by atoms with E-state index in [1.165, 1.54) is 31.2 Å². The molecule has 0 spiro atoms. The number of hydrogen-bond donors (Lipinski definition) is 1. The zero-order valence-electron chi connectivity index (χ0n) is 10.9. The van der Waals surface area contributed by atoms with E-state index in [1.54, 1.807) is 0 Å². The molecule has 4 nitrogen and oxygen atoms in total. The lowest BCUT2D eigenvalue weighted by Gasteiger charge is -2.10. The zero-order valence-corrected chi connectivity index (χ0v) is 11.7. The van der Waals surface area contributed by atoms with E-state index in [0.29, 0.717) is 5.56 Å². The van der Waals surface area contributed by atoms with Gasteiger partial charge in [-0.25, -0.2) is 17.2 Å². The van der Waals surface area contributed by atoms with Crippen LogP contribution in [0.4, 0.5) is 14.5 Å². The van der Waals surface area contributed by atoms with Gasteiger partial charge < -0.3 is 0 Å². The minimum Gasteiger partial charge on any atom is -0.295 e. The van der Waals surface area contributed by atoms with Crippen molar-refractivity contribution in [2.45, 2.75) is 11.8 Å². The van der Waals surface area contributed by atoms with Crippen LogP contribution in [0.15, 0.2) is 47.4 Å². The Kier molecular flexibility index (Phi) is 4.04. The average Bonchev–Trinajstić information content (AvgIpc) is 2.43. The van der Waals surface area contributed by atoms with Crippen LogP contribution in [0.3, 0.4) is 0 Å². The number of halogens is 2. The molecule has 0 fully saturated rings. The number of sulfonamides is 1. The van der Waals surface area contributed by atoms with Gasteiger partial charge in [-0.15, -0.1) is 0 Å². The molecule has 1 N–H and O–H groups in total. The summed E-state index contributed by atoms with van der Waals surface area (Å²) in [5, 5.41) is 0. The van der Waals surface area contributed by atoms with E-state index in [0.717, 1.165) is 18.2 Å². The van der Waals surface area contributed by atoms with Crippen molar-refractivity contribution < 1.29 is 22.0 Å². The van der Waals surface area contributed by atoms with Crippen molar-refractivity contribution in [3.8, 4) is 0 Å². The highest BCUT2D eigenvalue weighted by Gasteiger charge is 2.19. The summed E-state index contributed by atoms with van der Waals surface area (Å²) in [5.41, 5.74) is -0.404. The fraction of sp³-hybridized carbons (Fsp3) is 0.0714. The van der Waals surface area contributed by atoms with Crippen molar-refractivity contribution >= 4 is 21.5 Å². The minimum atomic E-state index is -4.14. The molecule has 21 heavy (non-hydrogen) atoms. The van der Waals surface area contributed by atoms with Crippen LogP contribution in [0.25, 0.3) is 0 Å². The fourth-order valence-corrected chi connectivity index (χ4v) is 2.73. The number of nitrogens with one attached hydrogen (secondary N) is 1. The summed E-state index contributed by atoms with van der Waals surface area (Å²) >= 11 is 0. The Labute approximate surface area is 120 Å². The first kappa shape index (κ1) is 15.1. The topological polar surface area (TPSA) is 63.2 Å². The molecule has 0 amide bonds. The number of carbonyl (C=O) groups is 1. The molecule has 2 aromatic rings. The normalized spacial score (nSPS) is 11.2. The van der Waals surface area contributed by atoms with E-state index in [4.69, 9.17) is 0 Å². The van der Waals surface area contributed by atoms with Crippen molar-refractivity contribution in [1.29, 1.82) is 0 Å². The predicted molar refractivity (Wildman–Crippen MR) is 73.6 cm³/mol. The number of rotatable bonds is 4. The number of para-hydroxylation sites is 1. The SMILES string of the molecule is CC(=O)c1ccc(S(=O)(=O)Nc2c(F)cccc2F)cc1. The van der Waals surface area contributed by atoms with E-state index >= 15 is 0 Å². The molecular formula is C14H11F2NO3S. The summed E-state index contributed by atoms with van der Waals surface area (Å²) in [4.78, 5) is 10.9. The van der Waals surface area contributed by atoms with Crippen molar-refractivity contribution in [3.05, 3.63) is 59.7 Å². The number of Topliss-reactive ketones (excluding diaryl/α,β-unsaturated/α-hetero) is 1. The summed E-state index contributed by atoms with van der Waals surface area (Å²) in [6, 6.07) is 8.06. The summed E-state index contributed by atoms with van der Waals surface area (Å²) < 4.78 is 52.9. The molecular weight excluding hydrogens is 300 g/mol. The predicted octanol–water partition coefficient (Wildman–Crippen LogP) is 2.97. The molecule has 7 heteroatoms. The Bertz CT molecular complexity index is 766. The molecule has 0 aliphatic carbocycles. The van der Waals surface area contributed by atoms with E-state index < -0.39 is 27.3 Å². The molecule has 2 aromatic carbocycles. The number of anilines is 1. The van der Waals surface area contributed by atoms with E-state index in [-0.39, 0.29) is 10.7 Å². The maximum absolute atomic E-state index is 13.5. The lowest BCUT2D eigenvalue weighted by molar-refractivity contribution is 0.101. The number of ketones is 1. The van der Waals surface area contributed by atoms with E-state index in [1.807, 2.05) is 4.72 Å². The third kappa shape index (κ3) is 3.25.